The summed E-state index contributed by atoms with van der Waals surface area (Å²) in [6, 6.07) is -29.7. The highest BCUT2D eigenvalue weighted by atomic mass is 32.1. The van der Waals surface area contributed by atoms with Gasteiger partial charge in [0.25, 0.3) is 6.71 Å². The second-order valence-electron chi connectivity index (χ2n) is 16.8. The van der Waals surface area contributed by atoms with E-state index in [0.717, 1.165) is 14.4 Å². The van der Waals surface area contributed by atoms with E-state index in [-0.39, 0.29) is 20.3 Å². The van der Waals surface area contributed by atoms with Crippen LogP contribution in [-0.4, -0.2) is 11.3 Å². The zero-order chi connectivity index (χ0) is 72.1. The fourth-order valence-corrected chi connectivity index (χ4v) is 10.5. The van der Waals surface area contributed by atoms with Gasteiger partial charge >= 0.3 is 0 Å². The Bertz CT molecular complexity index is 5870. The molecule has 0 saturated heterocycles. The predicted molar refractivity (Wildman–Crippen MR) is 284 cm³/mol. The fraction of sp³-hybridized carbons (Fsp3) is 0.0667. The zero-order valence-corrected chi connectivity index (χ0v) is 35.5. The molecular formula is C60H41BN4OS. The van der Waals surface area contributed by atoms with Gasteiger partial charge in [-0.1, -0.05) is 136 Å². The monoisotopic (exact) mass is 909 g/mol. The Morgan fingerprint density at radius 2 is 1.15 bits per heavy atom. The summed E-state index contributed by atoms with van der Waals surface area (Å²) < 4.78 is 313. The van der Waals surface area contributed by atoms with E-state index >= 15 is 0 Å². The van der Waals surface area contributed by atoms with Crippen molar-refractivity contribution < 1.29 is 48.3 Å². The predicted octanol–water partition coefficient (Wildman–Crippen LogP) is 15.1. The molecule has 7 heteroatoms. The van der Waals surface area contributed by atoms with Crippen molar-refractivity contribution in [2.24, 2.45) is 0 Å². The highest BCUT2D eigenvalue weighted by molar-refractivity contribution is 7.26. The van der Waals surface area contributed by atoms with Crippen molar-refractivity contribution in [1.29, 1.82) is 0 Å². The average molecular weight is 909 g/mol. The molecule has 3 aliphatic heterocycles. The molecule has 15 rings (SSSR count). The van der Waals surface area contributed by atoms with Crippen LogP contribution in [0.3, 0.4) is 0 Å². The van der Waals surface area contributed by atoms with E-state index in [0.29, 0.717) is 16.2 Å². The van der Waals surface area contributed by atoms with Gasteiger partial charge in [-0.3, -0.25) is 0 Å². The van der Waals surface area contributed by atoms with E-state index in [1.807, 2.05) is 0 Å². The molecule has 0 fully saturated rings. The number of para-hydroxylation sites is 5. The van der Waals surface area contributed by atoms with Crippen molar-refractivity contribution in [3.05, 3.63) is 199 Å². The molecule has 5 nitrogen and oxygen atoms in total. The zero-order valence-electron chi connectivity index (χ0n) is 66.7. The van der Waals surface area contributed by atoms with Gasteiger partial charge in [0.15, 0.2) is 0 Å². The SMILES string of the molecule is [2H]c1c([2H])c([2H])c(N(c2c([2H])c([2H])c([2H])c([2H])c2[2H])c2c([2H])c3c4c(c2[2H])N2c5c(c([2H])c([2H])c([2H])c5-n5c6c([2H])c([2H])c([2H])c([2H])c6c6c([2H])c([2H])c([2H])c2c65)B4c2oc4c([2H])c([2H])c(C(C)(C)C)c([2H])c4c2N3c2c([2H])c([2H])c([2H])c3c2sc2c([2H])c([2H])c([2H])c([2H])c23)c([2H])c1[2H]. The third-order valence-corrected chi connectivity index (χ3v) is 13.3. The maximum atomic E-state index is 11.2. The second kappa shape index (κ2) is 13.3. The van der Waals surface area contributed by atoms with Gasteiger partial charge in [0.05, 0.1) is 99.4 Å². The van der Waals surface area contributed by atoms with E-state index in [1.54, 1.807) is 20.8 Å². The van der Waals surface area contributed by atoms with Crippen LogP contribution < -0.4 is 31.3 Å². The number of fused-ring (bicyclic) bond motifs is 14. The minimum absolute atomic E-state index is 0.130. The minimum atomic E-state index is -2.04. The first-order valence-electron chi connectivity index (χ1n) is 36.6. The van der Waals surface area contributed by atoms with E-state index < -0.39 is 317 Å². The lowest BCUT2D eigenvalue weighted by Gasteiger charge is -2.45. The van der Waals surface area contributed by atoms with E-state index in [2.05, 4.69) is 0 Å². The van der Waals surface area contributed by atoms with Gasteiger partial charge in [0.1, 0.15) is 5.58 Å². The summed E-state index contributed by atoms with van der Waals surface area (Å²) in [5.74, 6) is 0. The molecule has 0 bridgehead atoms. The lowest BCUT2D eigenvalue weighted by Crippen LogP contribution is -2.61. The topological polar surface area (TPSA) is 27.8 Å². The fourth-order valence-electron chi connectivity index (χ4n) is 9.49. The molecule has 3 aliphatic rings. The highest BCUT2D eigenvalue weighted by Crippen LogP contribution is 2.56. The van der Waals surface area contributed by atoms with Crippen LogP contribution in [0.25, 0.3) is 58.6 Å². The summed E-state index contributed by atoms with van der Waals surface area (Å²) in [6.07, 6.45) is 0. The Morgan fingerprint density at radius 3 is 1.91 bits per heavy atom. The number of anilines is 9. The van der Waals surface area contributed by atoms with Gasteiger partial charge in [-0.15, -0.1) is 11.3 Å². The van der Waals surface area contributed by atoms with Crippen LogP contribution in [-0.2, 0) is 5.41 Å². The maximum Gasteiger partial charge on any atom is 0.297 e. The van der Waals surface area contributed by atoms with Crippen LogP contribution in [0.15, 0.2) is 198 Å². The normalized spacial score (nSPS) is 20.2. The molecular weight excluding hydrogens is 836 g/mol. The van der Waals surface area contributed by atoms with Crippen molar-refractivity contribution in [2.45, 2.75) is 26.2 Å². The van der Waals surface area contributed by atoms with Crippen LogP contribution >= 0.6 is 11.3 Å². The summed E-state index contributed by atoms with van der Waals surface area (Å²) in [5.41, 5.74) is -12.1. The molecule has 0 radical (unpaired) electrons. The summed E-state index contributed by atoms with van der Waals surface area (Å²) in [4.78, 5) is 2.44. The van der Waals surface area contributed by atoms with E-state index in [1.165, 1.54) is 0 Å². The van der Waals surface area contributed by atoms with Crippen molar-refractivity contribution in [1.82, 2.24) is 4.57 Å². The molecule has 0 spiro atoms. The van der Waals surface area contributed by atoms with Crippen molar-refractivity contribution in [3.63, 3.8) is 0 Å². The number of benzene rings is 9. The maximum absolute atomic E-state index is 11.2. The summed E-state index contributed by atoms with van der Waals surface area (Å²) in [5, 5.41) is -2.09. The first-order chi connectivity index (χ1) is 46.2. The van der Waals surface area contributed by atoms with Crippen LogP contribution in [0.5, 0.6) is 0 Å². The Labute approximate surface area is 437 Å². The van der Waals surface area contributed by atoms with Crippen LogP contribution in [0.2, 0.25) is 0 Å². The Hall–Kier alpha value is -8.00. The molecule has 9 aromatic carbocycles. The molecule has 0 atom stereocenters. The highest BCUT2D eigenvalue weighted by Gasteiger charge is 2.49. The van der Waals surface area contributed by atoms with Crippen LogP contribution in [0, 0.1) is 0 Å². The third kappa shape index (κ3) is 4.99. The smallest absolute Gasteiger partial charge is 0.297 e. The Morgan fingerprint density at radius 1 is 0.522 bits per heavy atom. The van der Waals surface area contributed by atoms with Crippen LogP contribution in [0.1, 0.15) is 70.2 Å². The molecule has 0 N–H and O–H groups in total. The van der Waals surface area contributed by atoms with Gasteiger partial charge in [-0.2, -0.15) is 0 Å². The Balaban J connectivity index is 1.30. The molecule has 0 saturated carbocycles. The number of aromatic nitrogens is 1. The first-order valence-corrected chi connectivity index (χ1v) is 21.4. The van der Waals surface area contributed by atoms with Gasteiger partial charge < -0.3 is 23.7 Å². The lowest BCUT2D eigenvalue weighted by atomic mass is 9.35. The molecule has 3 aromatic heterocycles. The standard InChI is InChI=1S/C60H41BN4OS/c1-60(2,3)36-31-32-52-44(33-36)56-59(66-52)61-45-25-16-28-48-57(45)64(47-27-14-23-42-40-21-10-12-26-46(40)63(48)55(42)47)50-34-39(62(37-17-6-4-7-18-37)38-19-8-5-9-20-38)35-51(54(50)61)65(56)49-29-15-24-43-41-22-11-13-30-53(41)67-58(43)49/h4-35H,1-3H3/i4D,5D,6D,7D,8D,9D,10D,11D,12D,13D,14D,15D,16D,17D,18D,19D,20D,21D,22D,23D,24D,25D,26D,27D,28D,29D,30D,31D,32D,33D,34D,35D. The van der Waals surface area contributed by atoms with Crippen LogP contribution in [0.4, 0.5) is 51.2 Å². The Kier molecular flexibility index (Phi) is 3.58. The van der Waals surface area contributed by atoms with Gasteiger partial charge in [-0.25, -0.2) is 0 Å². The number of furan rings is 1. The molecule has 12 aromatic rings. The number of nitrogens with zero attached hydrogens (tertiary/aromatic N) is 4. The number of thiophene rings is 1. The quantitative estimate of drug-likeness (QED) is 0.165. The summed E-state index contributed by atoms with van der Waals surface area (Å²) >= 11 is 0.566. The van der Waals surface area contributed by atoms with Gasteiger partial charge in [0.2, 0.25) is 0 Å². The minimum Gasteiger partial charge on any atom is -0.468 e. The molecule has 67 heavy (non-hydrogen) atoms. The second-order valence-corrected chi connectivity index (χ2v) is 17.9. The summed E-state index contributed by atoms with van der Waals surface area (Å²) in [6.45, 7) is 2.81. The number of hydrogen-bond acceptors (Lipinski definition) is 5. The first kappa shape index (κ1) is 18.0. The number of hydrogen-bond donors (Lipinski definition) is 0. The molecule has 6 heterocycles. The molecule has 0 aliphatic carbocycles. The third-order valence-electron chi connectivity index (χ3n) is 12.2. The molecule has 316 valence electrons. The van der Waals surface area contributed by atoms with Gasteiger partial charge in [0, 0.05) is 54.4 Å². The lowest BCUT2D eigenvalue weighted by molar-refractivity contribution is 0.590. The van der Waals surface area contributed by atoms with Crippen molar-refractivity contribution >= 4 is 139 Å². The average Bonchev–Trinajstić information content (AvgIpc) is 1.62. The van der Waals surface area contributed by atoms with E-state index in [9.17, 15) is 30.2 Å². The van der Waals surface area contributed by atoms with Gasteiger partial charge in [-0.05, 0) is 100 Å². The summed E-state index contributed by atoms with van der Waals surface area (Å²) in [7, 11) is 0. The largest absolute Gasteiger partial charge is 0.468 e. The molecule has 0 unspecified atom stereocenters. The van der Waals surface area contributed by atoms with Crippen molar-refractivity contribution in [3.8, 4) is 5.69 Å². The van der Waals surface area contributed by atoms with E-state index in [4.69, 9.17) is 18.1 Å². The molecule has 0 amide bonds. The van der Waals surface area contributed by atoms with Crippen molar-refractivity contribution in [2.75, 3.05) is 14.7 Å². The number of rotatable bonds is 4.